The minimum atomic E-state index is -0.142. The number of hydrogen-bond acceptors (Lipinski definition) is 4. The molecule has 0 fully saturated rings. The number of fused-ring (bicyclic) bond motifs is 1. The van der Waals surface area contributed by atoms with Crippen LogP contribution in [0.15, 0.2) is 59.7 Å². The van der Waals surface area contributed by atoms with Crippen LogP contribution in [-0.2, 0) is 4.74 Å². The smallest absolute Gasteiger partial charge is 0.265 e. The van der Waals surface area contributed by atoms with E-state index in [1.807, 2.05) is 19.1 Å². The minimum Gasteiger partial charge on any atom is -0.382 e. The second-order valence-corrected chi connectivity index (χ2v) is 5.79. The van der Waals surface area contributed by atoms with Gasteiger partial charge in [0, 0.05) is 25.3 Å². The van der Waals surface area contributed by atoms with Gasteiger partial charge in [-0.25, -0.2) is 4.98 Å². The van der Waals surface area contributed by atoms with E-state index in [0.717, 1.165) is 6.42 Å². The van der Waals surface area contributed by atoms with Crippen molar-refractivity contribution in [1.29, 1.82) is 0 Å². The number of amides is 1. The van der Waals surface area contributed by atoms with Crippen LogP contribution in [0.5, 0.6) is 0 Å². The Morgan fingerprint density at radius 2 is 1.92 bits per heavy atom. The van der Waals surface area contributed by atoms with E-state index in [1.54, 1.807) is 36.4 Å². The van der Waals surface area contributed by atoms with Crippen molar-refractivity contribution in [1.82, 2.24) is 14.9 Å². The van der Waals surface area contributed by atoms with Gasteiger partial charge in [-0.15, -0.1) is 0 Å². The third-order valence-corrected chi connectivity index (χ3v) is 4.03. The number of hydrogen-bond donors (Lipinski definition) is 1. The lowest BCUT2D eigenvalue weighted by Crippen LogP contribution is -2.25. The monoisotopic (exact) mass is 351 g/mol. The molecular weight excluding hydrogens is 330 g/mol. The molecule has 0 radical (unpaired) electrons. The molecule has 134 valence electrons. The Kier molecular flexibility index (Phi) is 5.76. The van der Waals surface area contributed by atoms with Crippen LogP contribution < -0.4 is 10.9 Å². The molecule has 1 amide bonds. The molecule has 0 spiro atoms. The molecule has 3 rings (SSSR count). The summed E-state index contributed by atoms with van der Waals surface area (Å²) in [5.74, 6) is -0.142. The minimum absolute atomic E-state index is 0.135. The van der Waals surface area contributed by atoms with Crippen molar-refractivity contribution in [3.63, 3.8) is 0 Å². The Labute approximate surface area is 151 Å². The average molecular weight is 351 g/mol. The Bertz CT molecular complexity index is 948. The molecular formula is C20H21N3O3. The standard InChI is InChI=1S/C20H21N3O3/c1-2-26-13-5-12-21-19(24)15-8-10-16(11-9-15)23-14-22-18-7-4-3-6-17(18)20(23)25/h3-4,6-11,14H,2,5,12-13H2,1H3,(H,21,24). The van der Waals surface area contributed by atoms with Crippen LogP contribution in [0, 0.1) is 0 Å². The summed E-state index contributed by atoms with van der Waals surface area (Å²) in [6.07, 6.45) is 2.28. The molecule has 0 saturated carbocycles. The number of carbonyl (C=O) groups excluding carboxylic acids is 1. The highest BCUT2D eigenvalue weighted by molar-refractivity contribution is 5.94. The van der Waals surface area contributed by atoms with Gasteiger partial charge in [-0.2, -0.15) is 0 Å². The van der Waals surface area contributed by atoms with E-state index in [0.29, 0.717) is 41.9 Å². The summed E-state index contributed by atoms with van der Waals surface area (Å²) in [6, 6.07) is 14.1. The Morgan fingerprint density at radius 1 is 1.15 bits per heavy atom. The lowest BCUT2D eigenvalue weighted by Gasteiger charge is -2.08. The number of ether oxygens (including phenoxy) is 1. The van der Waals surface area contributed by atoms with Gasteiger partial charge in [-0.05, 0) is 49.7 Å². The first-order valence-corrected chi connectivity index (χ1v) is 8.63. The molecule has 6 heteroatoms. The van der Waals surface area contributed by atoms with Gasteiger partial charge < -0.3 is 10.1 Å². The summed E-state index contributed by atoms with van der Waals surface area (Å²) in [5.41, 5.74) is 1.74. The highest BCUT2D eigenvalue weighted by Gasteiger charge is 2.08. The van der Waals surface area contributed by atoms with Crippen LogP contribution in [0.4, 0.5) is 0 Å². The highest BCUT2D eigenvalue weighted by Crippen LogP contribution is 2.11. The molecule has 1 heterocycles. The molecule has 1 aromatic heterocycles. The predicted molar refractivity (Wildman–Crippen MR) is 101 cm³/mol. The Balaban J connectivity index is 1.73. The number of rotatable bonds is 7. The van der Waals surface area contributed by atoms with Crippen LogP contribution >= 0.6 is 0 Å². The zero-order valence-corrected chi connectivity index (χ0v) is 14.6. The lowest BCUT2D eigenvalue weighted by molar-refractivity contribution is 0.0944. The first-order valence-electron chi connectivity index (χ1n) is 8.63. The fourth-order valence-corrected chi connectivity index (χ4v) is 2.65. The molecule has 0 aliphatic carbocycles. The zero-order chi connectivity index (χ0) is 18.4. The number of nitrogens with zero attached hydrogens (tertiary/aromatic N) is 2. The maximum absolute atomic E-state index is 12.6. The van der Waals surface area contributed by atoms with E-state index in [4.69, 9.17) is 4.74 Å². The van der Waals surface area contributed by atoms with E-state index in [9.17, 15) is 9.59 Å². The fraction of sp³-hybridized carbons (Fsp3) is 0.250. The van der Waals surface area contributed by atoms with Gasteiger partial charge in [0.25, 0.3) is 11.5 Å². The molecule has 26 heavy (non-hydrogen) atoms. The molecule has 0 saturated heterocycles. The normalized spacial score (nSPS) is 10.8. The molecule has 0 bridgehead atoms. The van der Waals surface area contributed by atoms with Crippen molar-refractivity contribution in [2.75, 3.05) is 19.8 Å². The lowest BCUT2D eigenvalue weighted by atomic mass is 10.2. The quantitative estimate of drug-likeness (QED) is 0.664. The third kappa shape index (κ3) is 3.97. The summed E-state index contributed by atoms with van der Waals surface area (Å²) in [7, 11) is 0. The summed E-state index contributed by atoms with van der Waals surface area (Å²) in [6.45, 7) is 3.82. The van der Waals surface area contributed by atoms with Gasteiger partial charge in [-0.3, -0.25) is 14.2 Å². The van der Waals surface area contributed by atoms with Crippen LogP contribution in [0.2, 0.25) is 0 Å². The maximum atomic E-state index is 12.6. The first kappa shape index (κ1) is 17.8. The summed E-state index contributed by atoms with van der Waals surface area (Å²) < 4.78 is 6.72. The van der Waals surface area contributed by atoms with Crippen molar-refractivity contribution in [3.8, 4) is 5.69 Å². The van der Waals surface area contributed by atoms with Gasteiger partial charge in [0.15, 0.2) is 0 Å². The zero-order valence-electron chi connectivity index (χ0n) is 14.6. The summed E-state index contributed by atoms with van der Waals surface area (Å²) >= 11 is 0. The molecule has 2 aromatic carbocycles. The van der Waals surface area contributed by atoms with Gasteiger partial charge in [0.1, 0.15) is 6.33 Å². The topological polar surface area (TPSA) is 73.2 Å². The van der Waals surface area contributed by atoms with Crippen LogP contribution in [0.3, 0.4) is 0 Å². The molecule has 0 atom stereocenters. The number of aromatic nitrogens is 2. The van der Waals surface area contributed by atoms with E-state index in [1.165, 1.54) is 10.9 Å². The van der Waals surface area contributed by atoms with Gasteiger partial charge in [0.2, 0.25) is 0 Å². The second kappa shape index (κ2) is 8.40. The predicted octanol–water partition coefficient (Wildman–Crippen LogP) is 2.54. The number of nitrogens with one attached hydrogen (secondary N) is 1. The number of benzene rings is 2. The Morgan fingerprint density at radius 3 is 2.69 bits per heavy atom. The SMILES string of the molecule is CCOCCCNC(=O)c1ccc(-n2cnc3ccccc3c2=O)cc1. The Hall–Kier alpha value is -2.99. The molecule has 0 aliphatic heterocycles. The summed E-state index contributed by atoms with van der Waals surface area (Å²) in [4.78, 5) is 29.1. The van der Waals surface area contributed by atoms with Crippen LogP contribution in [-0.4, -0.2) is 35.2 Å². The van der Waals surface area contributed by atoms with Crippen molar-refractivity contribution in [2.24, 2.45) is 0 Å². The fourth-order valence-electron chi connectivity index (χ4n) is 2.65. The maximum Gasteiger partial charge on any atom is 0.265 e. The van der Waals surface area contributed by atoms with Crippen molar-refractivity contribution >= 4 is 16.8 Å². The van der Waals surface area contributed by atoms with Crippen molar-refractivity contribution in [3.05, 3.63) is 70.8 Å². The molecule has 3 aromatic rings. The van der Waals surface area contributed by atoms with E-state index in [-0.39, 0.29) is 11.5 Å². The van der Waals surface area contributed by atoms with E-state index >= 15 is 0 Å². The third-order valence-electron chi connectivity index (χ3n) is 4.03. The highest BCUT2D eigenvalue weighted by atomic mass is 16.5. The van der Waals surface area contributed by atoms with E-state index < -0.39 is 0 Å². The van der Waals surface area contributed by atoms with Crippen LogP contribution in [0.1, 0.15) is 23.7 Å². The van der Waals surface area contributed by atoms with Crippen molar-refractivity contribution < 1.29 is 9.53 Å². The molecule has 6 nitrogen and oxygen atoms in total. The molecule has 0 aliphatic rings. The molecule has 0 unspecified atom stereocenters. The van der Waals surface area contributed by atoms with Gasteiger partial charge >= 0.3 is 0 Å². The van der Waals surface area contributed by atoms with Crippen LogP contribution in [0.25, 0.3) is 16.6 Å². The summed E-state index contributed by atoms with van der Waals surface area (Å²) in [5, 5.41) is 3.41. The second-order valence-electron chi connectivity index (χ2n) is 5.79. The largest absolute Gasteiger partial charge is 0.382 e. The molecule has 1 N–H and O–H groups in total. The average Bonchev–Trinajstić information content (AvgIpc) is 2.68. The number of carbonyl (C=O) groups is 1. The first-order chi connectivity index (χ1) is 12.7. The van der Waals surface area contributed by atoms with Gasteiger partial charge in [-0.1, -0.05) is 12.1 Å². The number of para-hydroxylation sites is 1. The van der Waals surface area contributed by atoms with Gasteiger partial charge in [0.05, 0.1) is 16.6 Å². The van der Waals surface area contributed by atoms with E-state index in [2.05, 4.69) is 10.3 Å². The van der Waals surface area contributed by atoms with Crippen molar-refractivity contribution in [2.45, 2.75) is 13.3 Å².